The average molecular weight is 415 g/mol. The Morgan fingerprint density at radius 1 is 1.21 bits per heavy atom. The number of ether oxygens (including phenoxy) is 1. The Kier molecular flexibility index (Phi) is 7.83. The third-order valence-electron chi connectivity index (χ3n) is 5.51. The van der Waals surface area contributed by atoms with Crippen molar-refractivity contribution in [1.29, 1.82) is 0 Å². The zero-order valence-corrected chi connectivity index (χ0v) is 18.0. The normalized spacial score (nSPS) is 15.2. The first kappa shape index (κ1) is 21.5. The number of nitrogens with one attached hydrogen (secondary N) is 1. The predicted molar refractivity (Wildman–Crippen MR) is 116 cm³/mol. The summed E-state index contributed by atoms with van der Waals surface area (Å²) in [5, 5.41) is 5.17. The highest BCUT2D eigenvalue weighted by molar-refractivity contribution is 7.10. The second-order valence-corrected chi connectivity index (χ2v) is 8.62. The van der Waals surface area contributed by atoms with Gasteiger partial charge in [0.1, 0.15) is 6.04 Å². The maximum Gasteiger partial charge on any atom is 0.247 e. The van der Waals surface area contributed by atoms with Gasteiger partial charge in [-0.1, -0.05) is 43.2 Å². The zero-order chi connectivity index (χ0) is 20.6. The van der Waals surface area contributed by atoms with Crippen LogP contribution in [-0.2, 0) is 20.7 Å². The minimum atomic E-state index is -0.653. The molecule has 2 aromatic rings. The standard InChI is InChI=1S/C23H30N2O3S/c1-17-8-3-6-12-20(17)22(23(27)24-18-9-4-5-10-18)25(13-14-28-2)21(26)16-19-11-7-15-29-19/h3,6-8,11-12,15,18,22H,4-5,9-10,13-14,16H2,1-2H3,(H,24,27). The minimum Gasteiger partial charge on any atom is -0.383 e. The van der Waals surface area contributed by atoms with Crippen molar-refractivity contribution in [2.45, 2.75) is 51.1 Å². The van der Waals surface area contributed by atoms with Gasteiger partial charge in [-0.05, 0) is 42.3 Å². The number of amides is 2. The molecule has 1 unspecified atom stereocenters. The third kappa shape index (κ3) is 5.67. The molecule has 0 saturated heterocycles. The molecule has 1 atom stereocenters. The molecule has 3 rings (SSSR count). The summed E-state index contributed by atoms with van der Waals surface area (Å²) in [4.78, 5) is 29.4. The topological polar surface area (TPSA) is 58.6 Å². The van der Waals surface area contributed by atoms with Crippen molar-refractivity contribution < 1.29 is 14.3 Å². The highest BCUT2D eigenvalue weighted by atomic mass is 32.1. The zero-order valence-electron chi connectivity index (χ0n) is 17.2. The number of hydrogen-bond acceptors (Lipinski definition) is 4. The van der Waals surface area contributed by atoms with Gasteiger partial charge in [0, 0.05) is 24.6 Å². The fraction of sp³-hybridized carbons (Fsp3) is 0.478. The fourth-order valence-electron chi connectivity index (χ4n) is 3.95. The summed E-state index contributed by atoms with van der Waals surface area (Å²) in [6.45, 7) is 2.75. The molecule has 1 fully saturated rings. The van der Waals surface area contributed by atoms with E-state index in [0.29, 0.717) is 19.6 Å². The molecule has 1 heterocycles. The molecule has 1 N–H and O–H groups in total. The molecule has 1 aromatic heterocycles. The fourth-order valence-corrected chi connectivity index (χ4v) is 4.64. The predicted octanol–water partition coefficient (Wildman–Crippen LogP) is 3.87. The Balaban J connectivity index is 1.91. The van der Waals surface area contributed by atoms with Crippen LogP contribution in [0.15, 0.2) is 41.8 Å². The van der Waals surface area contributed by atoms with Crippen LogP contribution in [0.25, 0.3) is 0 Å². The Hall–Kier alpha value is -2.18. The summed E-state index contributed by atoms with van der Waals surface area (Å²) in [6.07, 6.45) is 4.59. The summed E-state index contributed by atoms with van der Waals surface area (Å²) in [6, 6.07) is 11.3. The number of rotatable bonds is 9. The lowest BCUT2D eigenvalue weighted by Crippen LogP contribution is -2.47. The van der Waals surface area contributed by atoms with Crippen LogP contribution in [0.1, 0.15) is 47.7 Å². The molecule has 6 heteroatoms. The summed E-state index contributed by atoms with van der Waals surface area (Å²) in [5.41, 5.74) is 1.88. The van der Waals surface area contributed by atoms with Crippen LogP contribution in [-0.4, -0.2) is 43.0 Å². The largest absolute Gasteiger partial charge is 0.383 e. The molecule has 156 valence electrons. The highest BCUT2D eigenvalue weighted by Crippen LogP contribution is 2.27. The molecule has 2 amide bonds. The molecule has 1 saturated carbocycles. The van der Waals surface area contributed by atoms with E-state index in [9.17, 15) is 9.59 Å². The van der Waals surface area contributed by atoms with E-state index in [1.165, 1.54) is 0 Å². The number of methoxy groups -OCH3 is 1. The van der Waals surface area contributed by atoms with Crippen molar-refractivity contribution in [2.75, 3.05) is 20.3 Å². The maximum atomic E-state index is 13.4. The quantitative estimate of drug-likeness (QED) is 0.678. The van der Waals surface area contributed by atoms with Gasteiger partial charge in [0.25, 0.3) is 0 Å². The van der Waals surface area contributed by atoms with Gasteiger partial charge in [0.05, 0.1) is 13.0 Å². The van der Waals surface area contributed by atoms with Crippen LogP contribution in [0.2, 0.25) is 0 Å². The molecular weight excluding hydrogens is 384 g/mol. The Morgan fingerprint density at radius 2 is 1.97 bits per heavy atom. The van der Waals surface area contributed by atoms with Crippen molar-refractivity contribution in [3.05, 3.63) is 57.8 Å². The Morgan fingerprint density at radius 3 is 2.62 bits per heavy atom. The van der Waals surface area contributed by atoms with E-state index in [2.05, 4.69) is 5.32 Å². The van der Waals surface area contributed by atoms with E-state index in [0.717, 1.165) is 41.7 Å². The molecule has 0 spiro atoms. The molecule has 0 radical (unpaired) electrons. The van der Waals surface area contributed by atoms with E-state index in [4.69, 9.17) is 4.74 Å². The van der Waals surface area contributed by atoms with Crippen molar-refractivity contribution in [1.82, 2.24) is 10.2 Å². The molecule has 1 aliphatic rings. The van der Waals surface area contributed by atoms with Gasteiger partial charge < -0.3 is 15.0 Å². The second kappa shape index (κ2) is 10.6. The van der Waals surface area contributed by atoms with Gasteiger partial charge in [0.2, 0.25) is 11.8 Å². The summed E-state index contributed by atoms with van der Waals surface area (Å²) >= 11 is 1.56. The highest BCUT2D eigenvalue weighted by Gasteiger charge is 2.33. The number of hydrogen-bond donors (Lipinski definition) is 1. The van der Waals surface area contributed by atoms with Gasteiger partial charge >= 0.3 is 0 Å². The second-order valence-electron chi connectivity index (χ2n) is 7.59. The SMILES string of the molecule is COCCN(C(=O)Cc1cccs1)C(C(=O)NC1CCCC1)c1ccccc1C. The lowest BCUT2D eigenvalue weighted by atomic mass is 9.98. The smallest absolute Gasteiger partial charge is 0.247 e. The number of carbonyl (C=O) groups is 2. The first-order valence-corrected chi connectivity index (χ1v) is 11.1. The average Bonchev–Trinajstić information content (AvgIpc) is 3.40. The molecule has 0 aliphatic heterocycles. The number of nitrogens with zero attached hydrogens (tertiary/aromatic N) is 1. The van der Waals surface area contributed by atoms with Crippen LogP contribution in [0.3, 0.4) is 0 Å². The van der Waals surface area contributed by atoms with Gasteiger partial charge in [-0.15, -0.1) is 11.3 Å². The Bertz CT molecular complexity index is 800. The lowest BCUT2D eigenvalue weighted by Gasteiger charge is -2.33. The van der Waals surface area contributed by atoms with Crippen molar-refractivity contribution in [2.24, 2.45) is 0 Å². The van der Waals surface area contributed by atoms with Gasteiger partial charge in [-0.25, -0.2) is 0 Å². The van der Waals surface area contributed by atoms with Crippen molar-refractivity contribution >= 4 is 23.2 Å². The van der Waals surface area contributed by atoms with Crippen LogP contribution >= 0.6 is 11.3 Å². The lowest BCUT2D eigenvalue weighted by molar-refractivity contribution is -0.141. The van der Waals surface area contributed by atoms with Crippen LogP contribution < -0.4 is 5.32 Å². The van der Waals surface area contributed by atoms with Gasteiger partial charge in [-0.3, -0.25) is 9.59 Å². The molecule has 29 heavy (non-hydrogen) atoms. The van der Waals surface area contributed by atoms with Crippen LogP contribution in [0.5, 0.6) is 0 Å². The molecule has 0 bridgehead atoms. The van der Waals surface area contributed by atoms with E-state index in [1.807, 2.05) is 48.7 Å². The first-order chi connectivity index (χ1) is 14.1. The monoisotopic (exact) mass is 414 g/mol. The van der Waals surface area contributed by atoms with E-state index in [-0.39, 0.29) is 17.9 Å². The molecular formula is C23H30N2O3S. The minimum absolute atomic E-state index is 0.0562. The first-order valence-electron chi connectivity index (χ1n) is 10.3. The summed E-state index contributed by atoms with van der Waals surface area (Å²) in [7, 11) is 1.61. The Labute approximate surface area is 177 Å². The summed E-state index contributed by atoms with van der Waals surface area (Å²) < 4.78 is 5.26. The number of aryl methyl sites for hydroxylation is 1. The van der Waals surface area contributed by atoms with Gasteiger partial charge in [-0.2, -0.15) is 0 Å². The van der Waals surface area contributed by atoms with Crippen LogP contribution in [0, 0.1) is 6.92 Å². The summed E-state index contributed by atoms with van der Waals surface area (Å²) in [5.74, 6) is -0.152. The van der Waals surface area contributed by atoms with E-state index < -0.39 is 6.04 Å². The van der Waals surface area contributed by atoms with Crippen molar-refractivity contribution in [3.8, 4) is 0 Å². The number of thiophene rings is 1. The van der Waals surface area contributed by atoms with Crippen molar-refractivity contribution in [3.63, 3.8) is 0 Å². The van der Waals surface area contributed by atoms with Crippen LogP contribution in [0.4, 0.5) is 0 Å². The third-order valence-corrected chi connectivity index (χ3v) is 6.38. The molecule has 5 nitrogen and oxygen atoms in total. The molecule has 1 aliphatic carbocycles. The maximum absolute atomic E-state index is 13.4. The number of benzene rings is 1. The van der Waals surface area contributed by atoms with E-state index >= 15 is 0 Å². The van der Waals surface area contributed by atoms with E-state index in [1.54, 1.807) is 23.3 Å². The van der Waals surface area contributed by atoms with Gasteiger partial charge in [0.15, 0.2) is 0 Å². The number of carbonyl (C=O) groups excluding carboxylic acids is 2. The molecule has 1 aromatic carbocycles.